The Bertz CT molecular complexity index is 750. The number of hydrogen-bond donors (Lipinski definition) is 1. The van der Waals surface area contributed by atoms with Gasteiger partial charge in [0.15, 0.2) is 0 Å². The van der Waals surface area contributed by atoms with Gasteiger partial charge in [-0.1, -0.05) is 12.1 Å². The summed E-state index contributed by atoms with van der Waals surface area (Å²) in [5.41, 5.74) is 3.07. The molecule has 0 saturated carbocycles. The van der Waals surface area contributed by atoms with E-state index in [-0.39, 0.29) is 5.82 Å². The largest absolute Gasteiger partial charge is 0.388 e. The van der Waals surface area contributed by atoms with Gasteiger partial charge < -0.3 is 9.72 Å². The molecule has 2 heterocycles. The Morgan fingerprint density at radius 3 is 2.70 bits per heavy atom. The average Bonchev–Trinajstić information content (AvgIpc) is 2.77. The van der Waals surface area contributed by atoms with Crippen LogP contribution in [0.4, 0.5) is 10.1 Å². The molecule has 2 aromatic heterocycles. The third kappa shape index (κ3) is 2.41. The van der Waals surface area contributed by atoms with E-state index in [1.165, 1.54) is 12.1 Å². The minimum atomic E-state index is -0.221. The molecule has 0 amide bonds. The van der Waals surface area contributed by atoms with Crippen molar-refractivity contribution in [2.45, 2.75) is 6.42 Å². The van der Waals surface area contributed by atoms with Crippen LogP contribution in [0.1, 0.15) is 11.4 Å². The summed E-state index contributed by atoms with van der Waals surface area (Å²) < 4.78 is 15.8. The number of imidazole rings is 1. The fourth-order valence-corrected chi connectivity index (χ4v) is 2.68. The lowest BCUT2D eigenvalue weighted by Crippen LogP contribution is -1.97. The molecular formula is C15H13BrFN3. The van der Waals surface area contributed by atoms with Crippen LogP contribution in [0.5, 0.6) is 0 Å². The van der Waals surface area contributed by atoms with Gasteiger partial charge in [-0.05, 0) is 45.8 Å². The first kappa shape index (κ1) is 13.1. The van der Waals surface area contributed by atoms with Crippen LogP contribution < -0.4 is 5.32 Å². The van der Waals surface area contributed by atoms with E-state index in [2.05, 4.69) is 26.2 Å². The van der Waals surface area contributed by atoms with Gasteiger partial charge in [-0.2, -0.15) is 0 Å². The number of nitrogens with one attached hydrogen (secondary N) is 1. The minimum absolute atomic E-state index is 0.221. The molecule has 1 aromatic carbocycles. The number of nitrogens with zero attached hydrogens (tertiary/aromatic N) is 2. The van der Waals surface area contributed by atoms with Crippen molar-refractivity contribution >= 4 is 27.1 Å². The third-order valence-electron chi connectivity index (χ3n) is 3.24. The van der Waals surface area contributed by atoms with Crippen LogP contribution in [0, 0.1) is 5.82 Å². The third-order valence-corrected chi connectivity index (χ3v) is 3.82. The molecule has 0 atom stereocenters. The first-order chi connectivity index (χ1) is 9.67. The van der Waals surface area contributed by atoms with Crippen LogP contribution in [-0.4, -0.2) is 16.4 Å². The molecule has 0 unspecified atom stereocenters. The number of pyridine rings is 1. The van der Waals surface area contributed by atoms with Gasteiger partial charge in [0.2, 0.25) is 0 Å². The van der Waals surface area contributed by atoms with Crippen molar-refractivity contribution < 1.29 is 4.39 Å². The maximum Gasteiger partial charge on any atom is 0.132 e. The monoisotopic (exact) mass is 333 g/mol. The van der Waals surface area contributed by atoms with E-state index in [4.69, 9.17) is 0 Å². The normalized spacial score (nSPS) is 10.9. The fourth-order valence-electron chi connectivity index (χ4n) is 2.17. The molecule has 1 N–H and O–H groups in total. The fraction of sp³-hybridized carbons (Fsp3) is 0.133. The second-order valence-corrected chi connectivity index (χ2v) is 5.29. The van der Waals surface area contributed by atoms with Crippen molar-refractivity contribution in [2.24, 2.45) is 0 Å². The van der Waals surface area contributed by atoms with E-state index in [0.717, 1.165) is 27.2 Å². The summed E-state index contributed by atoms with van der Waals surface area (Å²) in [4.78, 5) is 4.54. The average molecular weight is 334 g/mol. The smallest absolute Gasteiger partial charge is 0.132 e. The van der Waals surface area contributed by atoms with Crippen molar-refractivity contribution in [3.63, 3.8) is 0 Å². The highest BCUT2D eigenvalue weighted by molar-refractivity contribution is 9.10. The second-order valence-electron chi connectivity index (χ2n) is 4.54. The Kier molecular flexibility index (Phi) is 3.44. The molecule has 102 valence electrons. The van der Waals surface area contributed by atoms with Gasteiger partial charge in [0.25, 0.3) is 0 Å². The van der Waals surface area contributed by atoms with Crippen LogP contribution in [0.2, 0.25) is 0 Å². The van der Waals surface area contributed by atoms with Crippen LogP contribution in [0.3, 0.4) is 0 Å². The predicted octanol–water partition coefficient (Wildman–Crippen LogP) is 3.87. The summed E-state index contributed by atoms with van der Waals surface area (Å²) in [5, 5.41) is 3.11. The van der Waals surface area contributed by atoms with Crippen LogP contribution in [0.15, 0.2) is 47.2 Å². The van der Waals surface area contributed by atoms with Gasteiger partial charge in [0.1, 0.15) is 16.2 Å². The summed E-state index contributed by atoms with van der Waals surface area (Å²) in [6.07, 6.45) is 2.64. The molecule has 0 aliphatic heterocycles. The molecule has 0 aliphatic carbocycles. The maximum absolute atomic E-state index is 12.9. The topological polar surface area (TPSA) is 29.3 Å². The Morgan fingerprint density at radius 2 is 2.00 bits per heavy atom. The van der Waals surface area contributed by atoms with Crippen molar-refractivity contribution in [3.8, 4) is 0 Å². The molecular weight excluding hydrogens is 321 g/mol. The summed E-state index contributed by atoms with van der Waals surface area (Å²) in [6.45, 7) is 0. The number of benzene rings is 1. The van der Waals surface area contributed by atoms with E-state index in [9.17, 15) is 4.39 Å². The zero-order chi connectivity index (χ0) is 14.1. The Balaban J connectivity index is 2.01. The Hall–Kier alpha value is -1.88. The lowest BCUT2D eigenvalue weighted by atomic mass is 10.1. The van der Waals surface area contributed by atoms with Gasteiger partial charge in [0, 0.05) is 25.4 Å². The maximum atomic E-state index is 12.9. The van der Waals surface area contributed by atoms with E-state index >= 15 is 0 Å². The van der Waals surface area contributed by atoms with Gasteiger partial charge in [-0.15, -0.1) is 0 Å². The van der Waals surface area contributed by atoms with Crippen LogP contribution >= 0.6 is 15.9 Å². The van der Waals surface area contributed by atoms with E-state index in [1.54, 1.807) is 12.1 Å². The van der Waals surface area contributed by atoms with Crippen LogP contribution in [-0.2, 0) is 6.42 Å². The van der Waals surface area contributed by atoms with Gasteiger partial charge in [-0.3, -0.25) is 0 Å². The standard InChI is InChI=1S/C15H13BrFN3/c1-18-12-6-7-20-13(9-12)15(16)19-14(20)8-10-2-4-11(17)5-3-10/h2-7,9,18H,8H2,1H3. The van der Waals surface area contributed by atoms with Crippen molar-refractivity contribution in [3.05, 3.63) is 64.4 Å². The highest BCUT2D eigenvalue weighted by atomic mass is 79.9. The molecule has 0 saturated heterocycles. The molecule has 0 spiro atoms. The SMILES string of the molecule is CNc1ccn2c(Cc3ccc(F)cc3)nc(Br)c2c1. The Morgan fingerprint density at radius 1 is 1.25 bits per heavy atom. The molecule has 3 aromatic rings. The quantitative estimate of drug-likeness (QED) is 0.788. The van der Waals surface area contributed by atoms with Gasteiger partial charge >= 0.3 is 0 Å². The zero-order valence-corrected chi connectivity index (χ0v) is 12.5. The van der Waals surface area contributed by atoms with E-state index < -0.39 is 0 Å². The number of rotatable bonds is 3. The highest BCUT2D eigenvalue weighted by Gasteiger charge is 2.10. The summed E-state index contributed by atoms with van der Waals surface area (Å²) in [5.74, 6) is 0.697. The van der Waals surface area contributed by atoms with Crippen molar-refractivity contribution in [2.75, 3.05) is 12.4 Å². The Labute approximate surface area is 124 Å². The summed E-state index contributed by atoms with van der Waals surface area (Å²) >= 11 is 3.49. The molecule has 5 heteroatoms. The number of halogens is 2. The summed E-state index contributed by atoms with van der Waals surface area (Å²) in [7, 11) is 1.88. The molecule has 0 fully saturated rings. The molecule has 0 radical (unpaired) electrons. The lowest BCUT2D eigenvalue weighted by Gasteiger charge is -2.04. The zero-order valence-electron chi connectivity index (χ0n) is 10.9. The van der Waals surface area contributed by atoms with Crippen molar-refractivity contribution in [1.29, 1.82) is 0 Å². The van der Waals surface area contributed by atoms with Gasteiger partial charge in [-0.25, -0.2) is 9.37 Å². The minimum Gasteiger partial charge on any atom is -0.388 e. The molecule has 0 bridgehead atoms. The van der Waals surface area contributed by atoms with E-state index in [0.29, 0.717) is 6.42 Å². The molecule has 3 nitrogen and oxygen atoms in total. The predicted molar refractivity (Wildman–Crippen MR) is 81.6 cm³/mol. The summed E-state index contributed by atoms with van der Waals surface area (Å²) in [6, 6.07) is 10.5. The highest BCUT2D eigenvalue weighted by Crippen LogP contribution is 2.23. The molecule has 20 heavy (non-hydrogen) atoms. The second kappa shape index (κ2) is 5.25. The first-order valence-electron chi connectivity index (χ1n) is 6.26. The first-order valence-corrected chi connectivity index (χ1v) is 7.05. The van der Waals surface area contributed by atoms with Gasteiger partial charge in [0.05, 0.1) is 5.52 Å². The number of anilines is 1. The van der Waals surface area contributed by atoms with Crippen LogP contribution in [0.25, 0.3) is 5.52 Å². The molecule has 0 aliphatic rings. The number of aromatic nitrogens is 2. The van der Waals surface area contributed by atoms with Crippen molar-refractivity contribution in [1.82, 2.24) is 9.38 Å². The lowest BCUT2D eigenvalue weighted by molar-refractivity contribution is 0.627. The van der Waals surface area contributed by atoms with E-state index in [1.807, 2.05) is 29.8 Å². The molecule has 3 rings (SSSR count). The number of hydrogen-bond acceptors (Lipinski definition) is 2. The number of fused-ring (bicyclic) bond motifs is 1.